The fourth-order valence-corrected chi connectivity index (χ4v) is 2.43. The van der Waals surface area contributed by atoms with E-state index >= 15 is 0 Å². The molecular formula is C17H19BN2O6. The number of aromatic hydroxyl groups is 1. The second-order valence-corrected chi connectivity index (χ2v) is 5.89. The summed E-state index contributed by atoms with van der Waals surface area (Å²) in [7, 11) is -1.92. The van der Waals surface area contributed by atoms with Crippen LogP contribution in [0.3, 0.4) is 0 Å². The van der Waals surface area contributed by atoms with Gasteiger partial charge in [0.2, 0.25) is 0 Å². The maximum atomic E-state index is 12.3. The van der Waals surface area contributed by atoms with Crippen LogP contribution in [0.4, 0.5) is 5.69 Å². The molecule has 0 unspecified atom stereocenters. The summed E-state index contributed by atoms with van der Waals surface area (Å²) in [6, 6.07) is 8.75. The molecule has 2 aromatic carbocycles. The molecule has 26 heavy (non-hydrogen) atoms. The number of nitrogens with one attached hydrogen (secondary N) is 1. The summed E-state index contributed by atoms with van der Waals surface area (Å²) >= 11 is 0. The lowest BCUT2D eigenvalue weighted by molar-refractivity contribution is 0.0693. The van der Waals surface area contributed by atoms with Gasteiger partial charge in [-0.3, -0.25) is 4.79 Å². The van der Waals surface area contributed by atoms with Crippen LogP contribution in [0.2, 0.25) is 0 Å². The predicted octanol–water partition coefficient (Wildman–Crippen LogP) is 0.334. The van der Waals surface area contributed by atoms with Gasteiger partial charge in [0.1, 0.15) is 11.3 Å². The minimum Gasteiger partial charge on any atom is -0.507 e. The summed E-state index contributed by atoms with van der Waals surface area (Å²) in [5.74, 6) is -3.55. The molecule has 0 aliphatic carbocycles. The van der Waals surface area contributed by atoms with E-state index in [9.17, 15) is 24.7 Å². The third-order valence-corrected chi connectivity index (χ3v) is 4.01. The third kappa shape index (κ3) is 4.32. The lowest BCUT2D eigenvalue weighted by Gasteiger charge is -2.19. The van der Waals surface area contributed by atoms with Crippen LogP contribution in [0.15, 0.2) is 36.4 Å². The molecule has 2 aromatic rings. The molecule has 0 heterocycles. The number of hydrogen-bond donors (Lipinski definition) is 6. The van der Waals surface area contributed by atoms with Crippen molar-refractivity contribution in [2.75, 3.05) is 5.73 Å². The molecule has 8 nitrogen and oxygen atoms in total. The number of para-hydroxylation sites is 1. The maximum absolute atomic E-state index is 12.3. The number of amides is 1. The Bertz CT molecular complexity index is 840. The predicted molar refractivity (Wildman–Crippen MR) is 95.8 cm³/mol. The Kier molecular flexibility index (Phi) is 5.86. The first-order valence-corrected chi connectivity index (χ1v) is 7.78. The van der Waals surface area contributed by atoms with E-state index in [4.69, 9.17) is 10.8 Å². The van der Waals surface area contributed by atoms with E-state index in [-0.39, 0.29) is 23.1 Å². The Balaban J connectivity index is 2.22. The smallest absolute Gasteiger partial charge is 0.475 e. The Labute approximate surface area is 150 Å². The van der Waals surface area contributed by atoms with Crippen molar-refractivity contribution in [1.29, 1.82) is 0 Å². The van der Waals surface area contributed by atoms with Gasteiger partial charge >= 0.3 is 13.1 Å². The summed E-state index contributed by atoms with van der Waals surface area (Å²) in [5.41, 5.74) is 7.08. The van der Waals surface area contributed by atoms with Crippen molar-refractivity contribution in [1.82, 2.24) is 5.32 Å². The number of carboxylic acids is 1. The molecule has 1 atom stereocenters. The van der Waals surface area contributed by atoms with E-state index in [1.165, 1.54) is 24.3 Å². The molecule has 9 heteroatoms. The fraction of sp³-hybridized carbons (Fsp3) is 0.176. The summed E-state index contributed by atoms with van der Waals surface area (Å²) < 4.78 is 0. The van der Waals surface area contributed by atoms with E-state index in [1.54, 1.807) is 19.1 Å². The maximum Gasteiger partial charge on any atom is 0.475 e. The monoisotopic (exact) mass is 358 g/mol. The van der Waals surface area contributed by atoms with E-state index in [0.717, 1.165) is 5.56 Å². The highest BCUT2D eigenvalue weighted by molar-refractivity contribution is 6.43. The Hall–Kier alpha value is -3.04. The summed E-state index contributed by atoms with van der Waals surface area (Å²) in [5, 5.41) is 40.6. The minimum absolute atomic E-state index is 0.159. The van der Waals surface area contributed by atoms with Crippen molar-refractivity contribution in [3.63, 3.8) is 0 Å². The zero-order valence-electron chi connectivity index (χ0n) is 14.0. The molecule has 0 saturated carbocycles. The largest absolute Gasteiger partial charge is 0.507 e. The Morgan fingerprint density at radius 2 is 1.92 bits per heavy atom. The second kappa shape index (κ2) is 7.90. The quantitative estimate of drug-likeness (QED) is 0.321. The van der Waals surface area contributed by atoms with Crippen LogP contribution in [-0.4, -0.2) is 45.2 Å². The molecule has 1 amide bonds. The molecule has 0 aliphatic rings. The average Bonchev–Trinajstić information content (AvgIpc) is 2.57. The SMILES string of the molecule is Cc1ccc(C(=O)N[C@@H](Cc2cccc(C(=O)O)c2O)B(O)O)cc1N. The molecule has 2 rings (SSSR count). The van der Waals surface area contributed by atoms with Crippen molar-refractivity contribution in [3.8, 4) is 5.75 Å². The first-order valence-electron chi connectivity index (χ1n) is 7.78. The van der Waals surface area contributed by atoms with Gasteiger partial charge in [0.05, 0.1) is 5.94 Å². The number of nitrogen functional groups attached to an aromatic ring is 1. The van der Waals surface area contributed by atoms with Gasteiger partial charge in [-0.1, -0.05) is 18.2 Å². The fourth-order valence-electron chi connectivity index (χ4n) is 2.43. The molecule has 0 spiro atoms. The molecule has 0 fully saturated rings. The Morgan fingerprint density at radius 3 is 2.50 bits per heavy atom. The average molecular weight is 358 g/mol. The van der Waals surface area contributed by atoms with Gasteiger partial charge in [0, 0.05) is 11.3 Å². The van der Waals surface area contributed by atoms with Crippen LogP contribution >= 0.6 is 0 Å². The topological polar surface area (TPSA) is 153 Å². The molecule has 0 bridgehead atoms. The Morgan fingerprint density at radius 1 is 1.23 bits per heavy atom. The van der Waals surface area contributed by atoms with Crippen molar-refractivity contribution in [2.45, 2.75) is 19.3 Å². The van der Waals surface area contributed by atoms with E-state index in [1.807, 2.05) is 0 Å². The van der Waals surface area contributed by atoms with Gasteiger partial charge in [0.25, 0.3) is 5.91 Å². The van der Waals surface area contributed by atoms with Crippen molar-refractivity contribution in [2.24, 2.45) is 0 Å². The number of phenols is 1. The van der Waals surface area contributed by atoms with Gasteiger partial charge in [-0.2, -0.15) is 0 Å². The summed E-state index contributed by atoms with van der Waals surface area (Å²) in [6.45, 7) is 1.79. The number of carbonyl (C=O) groups excluding carboxylic acids is 1. The third-order valence-electron chi connectivity index (χ3n) is 4.01. The lowest BCUT2D eigenvalue weighted by atomic mass is 9.75. The van der Waals surface area contributed by atoms with Crippen LogP contribution in [0.5, 0.6) is 5.75 Å². The molecule has 0 aliphatic heterocycles. The van der Waals surface area contributed by atoms with Gasteiger partial charge < -0.3 is 31.3 Å². The van der Waals surface area contributed by atoms with Crippen LogP contribution in [0, 0.1) is 6.92 Å². The van der Waals surface area contributed by atoms with Gasteiger partial charge in [0.15, 0.2) is 0 Å². The van der Waals surface area contributed by atoms with Crippen molar-refractivity contribution >= 4 is 24.7 Å². The zero-order valence-corrected chi connectivity index (χ0v) is 14.0. The van der Waals surface area contributed by atoms with Gasteiger partial charge in [-0.25, -0.2) is 4.79 Å². The number of rotatable bonds is 6. The summed E-state index contributed by atoms with van der Waals surface area (Å²) in [6.07, 6.45) is -0.183. The molecule has 0 radical (unpaired) electrons. The lowest BCUT2D eigenvalue weighted by Crippen LogP contribution is -2.47. The zero-order chi connectivity index (χ0) is 19.4. The number of carboxylic acid groups (broad SMARTS) is 1. The highest BCUT2D eigenvalue weighted by Crippen LogP contribution is 2.24. The van der Waals surface area contributed by atoms with Crippen LogP contribution in [-0.2, 0) is 6.42 Å². The number of aryl methyl sites for hydroxylation is 1. The van der Waals surface area contributed by atoms with Crippen LogP contribution in [0.1, 0.15) is 31.8 Å². The van der Waals surface area contributed by atoms with Crippen molar-refractivity contribution < 1.29 is 29.9 Å². The normalized spacial score (nSPS) is 11.7. The number of hydrogen-bond acceptors (Lipinski definition) is 6. The molecular weight excluding hydrogens is 339 g/mol. The van der Waals surface area contributed by atoms with Gasteiger partial charge in [-0.15, -0.1) is 0 Å². The molecule has 0 aromatic heterocycles. The number of aromatic carboxylic acids is 1. The highest BCUT2D eigenvalue weighted by atomic mass is 16.4. The van der Waals surface area contributed by atoms with E-state index in [0.29, 0.717) is 5.69 Å². The molecule has 0 saturated heterocycles. The first-order chi connectivity index (χ1) is 12.2. The standard InChI is InChI=1S/C17H19BN2O6/c1-9-5-6-11(7-13(9)19)16(22)20-14(18(25)26)8-10-3-2-4-12(15(10)21)17(23)24/h2-7,14,21,25-26H,8,19H2,1H3,(H,20,22)(H,23,24)/t14-/m0/s1. The number of carbonyl (C=O) groups is 2. The molecule has 136 valence electrons. The van der Waals surface area contributed by atoms with Crippen LogP contribution < -0.4 is 11.1 Å². The number of benzene rings is 2. The van der Waals surface area contributed by atoms with Gasteiger partial charge in [-0.05, 0) is 42.7 Å². The number of anilines is 1. The second-order valence-electron chi connectivity index (χ2n) is 5.89. The number of nitrogens with two attached hydrogens (primary N) is 1. The minimum atomic E-state index is -1.92. The highest BCUT2D eigenvalue weighted by Gasteiger charge is 2.28. The first kappa shape index (κ1) is 19.3. The van der Waals surface area contributed by atoms with Crippen molar-refractivity contribution in [3.05, 3.63) is 58.7 Å². The van der Waals surface area contributed by atoms with Crippen LogP contribution in [0.25, 0.3) is 0 Å². The molecule has 7 N–H and O–H groups in total. The summed E-state index contributed by atoms with van der Waals surface area (Å²) in [4.78, 5) is 23.4. The van der Waals surface area contributed by atoms with E-state index in [2.05, 4.69) is 5.32 Å². The van der Waals surface area contributed by atoms with E-state index < -0.39 is 30.7 Å².